The highest BCUT2D eigenvalue weighted by atomic mass is 79.9. The average molecular weight is 342 g/mol. The van der Waals surface area contributed by atoms with Gasteiger partial charge in [-0.1, -0.05) is 24.6 Å². The molecule has 2 N–H and O–H groups in total. The molecule has 0 radical (unpaired) electrons. The summed E-state index contributed by atoms with van der Waals surface area (Å²) >= 11 is 9.49. The zero-order valence-corrected chi connectivity index (χ0v) is 12.8. The maximum absolute atomic E-state index is 6.05. The Bertz CT molecular complexity index is 562. The lowest BCUT2D eigenvalue weighted by molar-refractivity contribution is 0.953. The van der Waals surface area contributed by atoms with E-state index >= 15 is 0 Å². The number of hydrogen-bond donors (Lipinski definition) is 2. The van der Waals surface area contributed by atoms with E-state index in [9.17, 15) is 0 Å². The van der Waals surface area contributed by atoms with Crippen LogP contribution in [0.1, 0.15) is 13.3 Å². The molecule has 6 heteroatoms. The van der Waals surface area contributed by atoms with Crippen LogP contribution in [0.5, 0.6) is 0 Å². The van der Waals surface area contributed by atoms with Crippen LogP contribution in [0.2, 0.25) is 5.02 Å². The van der Waals surface area contributed by atoms with Crippen molar-refractivity contribution in [3.63, 3.8) is 0 Å². The van der Waals surface area contributed by atoms with E-state index < -0.39 is 0 Å². The van der Waals surface area contributed by atoms with Crippen LogP contribution in [-0.4, -0.2) is 16.5 Å². The quantitative estimate of drug-likeness (QED) is 0.843. The standard InChI is InChI=1S/C13H14BrClN4/c1-2-7-16-13-17-8-6-11(19-13)18-10-5-3-4-9(15)12(10)14/h3-6,8H,2,7H2,1H3,(H2,16,17,18,19). The minimum atomic E-state index is 0.616. The van der Waals surface area contributed by atoms with Crippen LogP contribution in [0.25, 0.3) is 0 Å². The molecule has 0 aliphatic rings. The van der Waals surface area contributed by atoms with Crippen LogP contribution in [-0.2, 0) is 0 Å². The van der Waals surface area contributed by atoms with Gasteiger partial charge < -0.3 is 10.6 Å². The summed E-state index contributed by atoms with van der Waals surface area (Å²) in [6, 6.07) is 7.44. The van der Waals surface area contributed by atoms with E-state index in [0.717, 1.165) is 28.9 Å². The summed E-state index contributed by atoms with van der Waals surface area (Å²) < 4.78 is 0.818. The highest BCUT2D eigenvalue weighted by Gasteiger charge is 2.05. The molecule has 0 atom stereocenters. The molecule has 19 heavy (non-hydrogen) atoms. The van der Waals surface area contributed by atoms with Crippen molar-refractivity contribution in [3.05, 3.63) is 40.0 Å². The lowest BCUT2D eigenvalue weighted by Gasteiger charge is -2.10. The summed E-state index contributed by atoms with van der Waals surface area (Å²) in [5.74, 6) is 1.33. The van der Waals surface area contributed by atoms with Crippen LogP contribution in [0.15, 0.2) is 34.9 Å². The molecule has 0 aliphatic carbocycles. The molecule has 0 fully saturated rings. The van der Waals surface area contributed by atoms with Crippen LogP contribution < -0.4 is 10.6 Å². The molecular formula is C13H14BrClN4. The van der Waals surface area contributed by atoms with Gasteiger partial charge in [-0.2, -0.15) is 4.98 Å². The van der Waals surface area contributed by atoms with Crippen molar-refractivity contribution in [1.82, 2.24) is 9.97 Å². The number of hydrogen-bond acceptors (Lipinski definition) is 4. The third-order valence-electron chi connectivity index (χ3n) is 2.40. The van der Waals surface area contributed by atoms with Gasteiger partial charge in [0, 0.05) is 12.7 Å². The van der Waals surface area contributed by atoms with E-state index in [0.29, 0.717) is 11.0 Å². The number of benzene rings is 1. The van der Waals surface area contributed by atoms with E-state index in [4.69, 9.17) is 11.6 Å². The number of nitrogens with zero attached hydrogens (tertiary/aromatic N) is 2. The second-order valence-electron chi connectivity index (χ2n) is 3.92. The smallest absolute Gasteiger partial charge is 0.224 e. The van der Waals surface area contributed by atoms with Gasteiger partial charge in [0.1, 0.15) is 5.82 Å². The maximum atomic E-state index is 6.05. The molecule has 0 amide bonds. The second kappa shape index (κ2) is 6.73. The average Bonchev–Trinajstić information content (AvgIpc) is 2.42. The molecular weight excluding hydrogens is 328 g/mol. The summed E-state index contributed by atoms with van der Waals surface area (Å²) in [7, 11) is 0. The molecule has 100 valence electrons. The third-order valence-corrected chi connectivity index (χ3v) is 3.80. The van der Waals surface area contributed by atoms with Gasteiger partial charge in [0.15, 0.2) is 0 Å². The molecule has 0 spiro atoms. The Balaban J connectivity index is 2.16. The molecule has 2 aromatic rings. The van der Waals surface area contributed by atoms with Crippen molar-refractivity contribution in [2.24, 2.45) is 0 Å². The molecule has 1 aromatic heterocycles. The second-order valence-corrected chi connectivity index (χ2v) is 5.12. The molecule has 1 heterocycles. The van der Waals surface area contributed by atoms with Gasteiger partial charge in [0.25, 0.3) is 0 Å². The van der Waals surface area contributed by atoms with Gasteiger partial charge in [0.2, 0.25) is 5.95 Å². The summed E-state index contributed by atoms with van der Waals surface area (Å²) in [6.45, 7) is 2.95. The van der Waals surface area contributed by atoms with Gasteiger partial charge in [-0.15, -0.1) is 0 Å². The van der Waals surface area contributed by atoms with Crippen LogP contribution >= 0.6 is 27.5 Å². The molecule has 0 aliphatic heterocycles. The highest BCUT2D eigenvalue weighted by Crippen LogP contribution is 2.31. The van der Waals surface area contributed by atoms with E-state index in [1.807, 2.05) is 24.3 Å². The first-order valence-electron chi connectivity index (χ1n) is 5.98. The summed E-state index contributed by atoms with van der Waals surface area (Å²) in [5.41, 5.74) is 0.868. The first-order valence-corrected chi connectivity index (χ1v) is 7.15. The summed E-state index contributed by atoms with van der Waals surface area (Å²) in [6.07, 6.45) is 2.74. The lowest BCUT2D eigenvalue weighted by Crippen LogP contribution is -2.05. The Kier molecular flexibility index (Phi) is 4.99. The Morgan fingerprint density at radius 1 is 1.32 bits per heavy atom. The zero-order chi connectivity index (χ0) is 13.7. The summed E-state index contributed by atoms with van der Waals surface area (Å²) in [4.78, 5) is 8.54. The van der Waals surface area contributed by atoms with Gasteiger partial charge in [-0.25, -0.2) is 4.98 Å². The Labute approximate surface area is 125 Å². The maximum Gasteiger partial charge on any atom is 0.224 e. The van der Waals surface area contributed by atoms with Gasteiger partial charge in [-0.05, 0) is 40.5 Å². The number of anilines is 3. The first kappa shape index (κ1) is 14.1. The summed E-state index contributed by atoms with van der Waals surface area (Å²) in [5, 5.41) is 7.01. The SMILES string of the molecule is CCCNc1nccc(Nc2cccc(Cl)c2Br)n1. The molecule has 4 nitrogen and oxygen atoms in total. The molecule has 1 aromatic carbocycles. The largest absolute Gasteiger partial charge is 0.354 e. The fourth-order valence-electron chi connectivity index (χ4n) is 1.49. The van der Waals surface area contributed by atoms with E-state index in [1.165, 1.54) is 0 Å². The fourth-order valence-corrected chi connectivity index (χ4v) is 2.03. The van der Waals surface area contributed by atoms with E-state index in [1.54, 1.807) is 6.20 Å². The van der Waals surface area contributed by atoms with Gasteiger partial charge in [-0.3, -0.25) is 0 Å². The minimum absolute atomic E-state index is 0.616. The molecule has 0 bridgehead atoms. The molecule has 0 saturated carbocycles. The predicted octanol–water partition coefficient (Wildman–Crippen LogP) is 4.46. The van der Waals surface area contributed by atoms with Crippen molar-refractivity contribution >= 4 is 45.0 Å². The van der Waals surface area contributed by atoms with Crippen molar-refractivity contribution < 1.29 is 0 Å². The van der Waals surface area contributed by atoms with Gasteiger partial charge >= 0.3 is 0 Å². The number of halogens is 2. The normalized spacial score (nSPS) is 10.3. The Morgan fingerprint density at radius 3 is 2.95 bits per heavy atom. The van der Waals surface area contributed by atoms with Gasteiger partial charge in [0.05, 0.1) is 15.2 Å². The Hall–Kier alpha value is -1.33. The van der Waals surface area contributed by atoms with E-state index in [-0.39, 0.29) is 0 Å². The first-order chi connectivity index (χ1) is 9.20. The molecule has 2 rings (SSSR count). The predicted molar refractivity (Wildman–Crippen MR) is 83.2 cm³/mol. The number of rotatable bonds is 5. The lowest BCUT2D eigenvalue weighted by atomic mass is 10.3. The van der Waals surface area contributed by atoms with Crippen molar-refractivity contribution in [1.29, 1.82) is 0 Å². The number of nitrogens with one attached hydrogen (secondary N) is 2. The third kappa shape index (κ3) is 3.81. The number of aromatic nitrogens is 2. The zero-order valence-electron chi connectivity index (χ0n) is 10.5. The molecule has 0 saturated heterocycles. The van der Waals surface area contributed by atoms with Crippen LogP contribution in [0.3, 0.4) is 0 Å². The van der Waals surface area contributed by atoms with E-state index in [2.05, 4.69) is 43.5 Å². The van der Waals surface area contributed by atoms with Crippen molar-refractivity contribution in [3.8, 4) is 0 Å². The Morgan fingerprint density at radius 2 is 2.16 bits per heavy atom. The molecule has 0 unspecified atom stereocenters. The topological polar surface area (TPSA) is 49.8 Å². The van der Waals surface area contributed by atoms with Crippen molar-refractivity contribution in [2.45, 2.75) is 13.3 Å². The fraction of sp³-hybridized carbons (Fsp3) is 0.231. The van der Waals surface area contributed by atoms with Crippen molar-refractivity contribution in [2.75, 3.05) is 17.2 Å². The van der Waals surface area contributed by atoms with Crippen LogP contribution in [0, 0.1) is 0 Å². The van der Waals surface area contributed by atoms with Crippen LogP contribution in [0.4, 0.5) is 17.5 Å². The monoisotopic (exact) mass is 340 g/mol. The highest BCUT2D eigenvalue weighted by molar-refractivity contribution is 9.10. The minimum Gasteiger partial charge on any atom is -0.354 e.